The first-order valence-electron chi connectivity index (χ1n) is 4.48. The van der Waals surface area contributed by atoms with Gasteiger partial charge in [0, 0.05) is 0 Å². The lowest BCUT2D eigenvalue weighted by molar-refractivity contribution is 0.627. The zero-order chi connectivity index (χ0) is 10.6. The Morgan fingerprint density at radius 2 is 1.71 bits per heavy atom. The van der Waals surface area contributed by atoms with E-state index in [0.29, 0.717) is 6.54 Å². The molecule has 0 aliphatic heterocycles. The first kappa shape index (κ1) is 11.8. The molecule has 0 aliphatic rings. The lowest BCUT2D eigenvalue weighted by Crippen LogP contribution is -1.99. The predicted molar refractivity (Wildman–Crippen MR) is 58.4 cm³/mol. The Balaban J connectivity index is 2.69. The lowest BCUT2D eigenvalue weighted by atomic mass is 10.1. The smallest absolute Gasteiger partial charge is 0.160 e. The van der Waals surface area contributed by atoms with E-state index in [1.807, 2.05) is 0 Å². The van der Waals surface area contributed by atoms with E-state index in [1.54, 1.807) is 12.1 Å². The van der Waals surface area contributed by atoms with Crippen molar-refractivity contribution < 1.29 is 4.39 Å². The minimum atomic E-state index is -0.545. The molecule has 0 unspecified atom stereocenters. The average molecular weight is 236 g/mol. The summed E-state index contributed by atoms with van der Waals surface area (Å²) in [6.07, 6.45) is 2.75. The van der Waals surface area contributed by atoms with Crippen LogP contribution in [0.3, 0.4) is 0 Å². The molecule has 0 saturated carbocycles. The summed E-state index contributed by atoms with van der Waals surface area (Å²) in [5.74, 6) is -0.545. The number of aryl methyl sites for hydroxylation is 1. The largest absolute Gasteiger partial charge is 0.330 e. The predicted octanol–water partition coefficient (Wildman–Crippen LogP) is 3.41. The maximum absolute atomic E-state index is 13.0. The second-order valence-electron chi connectivity index (χ2n) is 3.12. The Morgan fingerprint density at radius 1 is 1.14 bits per heavy atom. The van der Waals surface area contributed by atoms with Crippen LogP contribution in [0.1, 0.15) is 18.4 Å². The van der Waals surface area contributed by atoms with Gasteiger partial charge in [-0.25, -0.2) is 4.39 Å². The molecule has 1 nitrogen and oxygen atoms in total. The molecular formula is C10H12Cl2FN. The molecule has 1 aromatic carbocycles. The van der Waals surface area contributed by atoms with E-state index in [9.17, 15) is 4.39 Å². The lowest BCUT2D eigenvalue weighted by Gasteiger charge is -2.03. The van der Waals surface area contributed by atoms with Gasteiger partial charge in [-0.05, 0) is 43.5 Å². The minimum absolute atomic E-state index is 0.0836. The molecule has 2 N–H and O–H groups in total. The van der Waals surface area contributed by atoms with Crippen LogP contribution in [0.4, 0.5) is 4.39 Å². The first-order valence-corrected chi connectivity index (χ1v) is 5.24. The van der Waals surface area contributed by atoms with Crippen LogP contribution in [-0.4, -0.2) is 6.54 Å². The van der Waals surface area contributed by atoms with E-state index in [4.69, 9.17) is 28.9 Å². The summed E-state index contributed by atoms with van der Waals surface area (Å²) in [4.78, 5) is 0. The molecule has 0 atom stereocenters. The van der Waals surface area contributed by atoms with Crippen LogP contribution in [0, 0.1) is 5.82 Å². The number of hydrogen-bond donors (Lipinski definition) is 1. The highest BCUT2D eigenvalue weighted by Crippen LogP contribution is 2.25. The van der Waals surface area contributed by atoms with Crippen molar-refractivity contribution in [2.75, 3.05) is 6.54 Å². The minimum Gasteiger partial charge on any atom is -0.330 e. The van der Waals surface area contributed by atoms with Crippen LogP contribution < -0.4 is 5.73 Å². The quantitative estimate of drug-likeness (QED) is 0.629. The molecule has 0 bridgehead atoms. The molecule has 0 fully saturated rings. The van der Waals surface area contributed by atoms with Gasteiger partial charge < -0.3 is 5.73 Å². The molecule has 0 radical (unpaired) electrons. The zero-order valence-electron chi connectivity index (χ0n) is 7.69. The van der Waals surface area contributed by atoms with Gasteiger partial charge in [0.05, 0.1) is 10.0 Å². The maximum atomic E-state index is 13.0. The van der Waals surface area contributed by atoms with Gasteiger partial charge in [0.25, 0.3) is 0 Å². The summed E-state index contributed by atoms with van der Waals surface area (Å²) < 4.78 is 13.0. The average Bonchev–Trinajstić information content (AvgIpc) is 2.14. The van der Waals surface area contributed by atoms with E-state index in [0.717, 1.165) is 24.8 Å². The van der Waals surface area contributed by atoms with Crippen molar-refractivity contribution in [3.63, 3.8) is 0 Å². The van der Waals surface area contributed by atoms with E-state index in [2.05, 4.69) is 0 Å². The number of benzene rings is 1. The Labute approximate surface area is 93.0 Å². The van der Waals surface area contributed by atoms with E-state index in [-0.39, 0.29) is 10.0 Å². The summed E-state index contributed by atoms with van der Waals surface area (Å²) in [7, 11) is 0. The van der Waals surface area contributed by atoms with Crippen LogP contribution in [0.25, 0.3) is 0 Å². The Bertz CT molecular complexity index is 292. The van der Waals surface area contributed by atoms with Gasteiger partial charge in [-0.1, -0.05) is 23.2 Å². The van der Waals surface area contributed by atoms with Crippen molar-refractivity contribution in [2.24, 2.45) is 5.73 Å². The van der Waals surface area contributed by atoms with Crippen LogP contribution in [0.2, 0.25) is 10.0 Å². The van der Waals surface area contributed by atoms with Gasteiger partial charge in [0.2, 0.25) is 0 Å². The van der Waals surface area contributed by atoms with Crippen molar-refractivity contribution in [2.45, 2.75) is 19.3 Å². The fourth-order valence-corrected chi connectivity index (χ4v) is 1.76. The second kappa shape index (κ2) is 5.54. The van der Waals surface area contributed by atoms with Crippen molar-refractivity contribution in [1.29, 1.82) is 0 Å². The Kier molecular flexibility index (Phi) is 4.66. The molecule has 0 heterocycles. The highest BCUT2D eigenvalue weighted by Gasteiger charge is 2.06. The second-order valence-corrected chi connectivity index (χ2v) is 3.93. The summed E-state index contributed by atoms with van der Waals surface area (Å²) >= 11 is 11.3. The van der Waals surface area contributed by atoms with Gasteiger partial charge >= 0.3 is 0 Å². The van der Waals surface area contributed by atoms with Crippen LogP contribution in [0.15, 0.2) is 12.1 Å². The molecule has 0 amide bonds. The highest BCUT2D eigenvalue weighted by molar-refractivity contribution is 6.34. The third-order valence-electron chi connectivity index (χ3n) is 1.96. The van der Waals surface area contributed by atoms with Crippen molar-refractivity contribution in [3.05, 3.63) is 33.6 Å². The molecule has 0 aromatic heterocycles. The van der Waals surface area contributed by atoms with Gasteiger partial charge in [0.1, 0.15) is 0 Å². The number of nitrogens with two attached hydrogens (primary N) is 1. The normalized spacial score (nSPS) is 10.6. The van der Waals surface area contributed by atoms with Gasteiger partial charge in [-0.2, -0.15) is 0 Å². The van der Waals surface area contributed by atoms with Gasteiger partial charge in [0.15, 0.2) is 5.82 Å². The first-order chi connectivity index (χ1) is 6.65. The molecular weight excluding hydrogens is 224 g/mol. The third kappa shape index (κ3) is 3.12. The van der Waals surface area contributed by atoms with E-state index >= 15 is 0 Å². The number of halogens is 3. The number of rotatable bonds is 4. The van der Waals surface area contributed by atoms with Crippen LogP contribution in [0.5, 0.6) is 0 Å². The van der Waals surface area contributed by atoms with Crippen LogP contribution >= 0.6 is 23.2 Å². The Morgan fingerprint density at radius 3 is 2.21 bits per heavy atom. The summed E-state index contributed by atoms with van der Waals surface area (Å²) in [6.45, 7) is 0.669. The zero-order valence-corrected chi connectivity index (χ0v) is 9.21. The molecule has 78 valence electrons. The van der Waals surface area contributed by atoms with Gasteiger partial charge in [-0.3, -0.25) is 0 Å². The monoisotopic (exact) mass is 235 g/mol. The van der Waals surface area contributed by atoms with Crippen LogP contribution in [-0.2, 0) is 6.42 Å². The van der Waals surface area contributed by atoms with E-state index < -0.39 is 5.82 Å². The molecule has 0 saturated heterocycles. The fourth-order valence-electron chi connectivity index (χ4n) is 1.23. The highest BCUT2D eigenvalue weighted by atomic mass is 35.5. The van der Waals surface area contributed by atoms with Gasteiger partial charge in [-0.15, -0.1) is 0 Å². The SMILES string of the molecule is NCCCCc1cc(Cl)c(F)c(Cl)c1. The molecule has 1 aromatic rings. The van der Waals surface area contributed by atoms with Crippen molar-refractivity contribution >= 4 is 23.2 Å². The third-order valence-corrected chi connectivity index (χ3v) is 2.51. The van der Waals surface area contributed by atoms with E-state index in [1.165, 1.54) is 0 Å². The molecule has 4 heteroatoms. The van der Waals surface area contributed by atoms with Crippen molar-refractivity contribution in [3.8, 4) is 0 Å². The Hall–Kier alpha value is -0.310. The molecule has 0 aliphatic carbocycles. The maximum Gasteiger partial charge on any atom is 0.160 e. The molecule has 1 rings (SSSR count). The standard InChI is InChI=1S/C10H12Cl2FN/c11-8-5-7(3-1-2-4-14)6-9(12)10(8)13/h5-6H,1-4,14H2. The summed E-state index contributed by atoms with van der Waals surface area (Å²) in [6, 6.07) is 3.22. The topological polar surface area (TPSA) is 26.0 Å². The number of hydrogen-bond acceptors (Lipinski definition) is 1. The van der Waals surface area contributed by atoms with Crippen molar-refractivity contribution in [1.82, 2.24) is 0 Å². The molecule has 14 heavy (non-hydrogen) atoms. The summed E-state index contributed by atoms with van der Waals surface area (Å²) in [5, 5.41) is 0.167. The number of unbranched alkanes of at least 4 members (excludes halogenated alkanes) is 1. The summed E-state index contributed by atoms with van der Waals surface area (Å²) in [5.41, 5.74) is 6.32. The molecule has 0 spiro atoms. The fraction of sp³-hybridized carbons (Fsp3) is 0.400.